The maximum atomic E-state index is 6.14. The van der Waals surface area contributed by atoms with Crippen LogP contribution in [0.25, 0.3) is 16.7 Å². The average Bonchev–Trinajstić information content (AvgIpc) is 3.16. The van der Waals surface area contributed by atoms with E-state index in [-0.39, 0.29) is 0 Å². The summed E-state index contributed by atoms with van der Waals surface area (Å²) >= 11 is 7.23. The first kappa shape index (κ1) is 15.6. The number of aromatic nitrogens is 3. The Hall–Kier alpha value is -1.90. The molecule has 3 heterocycles. The predicted octanol–water partition coefficient (Wildman–Crippen LogP) is 2.87. The largest absolute Gasteiger partial charge is 0.447 e. The summed E-state index contributed by atoms with van der Waals surface area (Å²) < 4.78 is 8.55. The molecule has 0 bridgehead atoms. The number of piperazine rings is 1. The monoisotopic (exact) mass is 359 g/mol. The van der Waals surface area contributed by atoms with Crippen molar-refractivity contribution in [2.45, 2.75) is 5.09 Å². The fourth-order valence-corrected chi connectivity index (χ4v) is 3.91. The first-order valence-corrected chi connectivity index (χ1v) is 9.37. The highest BCUT2D eigenvalue weighted by molar-refractivity contribution is 7.98. The van der Waals surface area contributed by atoms with Crippen LogP contribution in [0, 0.1) is 4.51 Å². The number of hydrogen-bond donors (Lipinski definition) is 1. The average molecular weight is 359 g/mol. The van der Waals surface area contributed by atoms with E-state index in [9.17, 15) is 0 Å². The predicted molar refractivity (Wildman–Crippen MR) is 98.8 cm³/mol. The Bertz CT molecular complexity index is 916. The van der Waals surface area contributed by atoms with Crippen molar-refractivity contribution in [3.63, 3.8) is 0 Å². The third-order valence-corrected chi connectivity index (χ3v) is 5.20. The van der Waals surface area contributed by atoms with Crippen LogP contribution in [0.15, 0.2) is 40.4 Å². The van der Waals surface area contributed by atoms with Crippen LogP contribution in [-0.2, 0) is 0 Å². The van der Waals surface area contributed by atoms with Crippen molar-refractivity contribution in [2.75, 3.05) is 37.3 Å². The van der Waals surface area contributed by atoms with E-state index < -0.39 is 0 Å². The Labute approximate surface area is 148 Å². The Morgan fingerprint density at radius 1 is 1.29 bits per heavy atom. The van der Waals surface area contributed by atoms with Gasteiger partial charge < -0.3 is 14.6 Å². The van der Waals surface area contributed by atoms with Crippen LogP contribution in [0.5, 0.6) is 0 Å². The van der Waals surface area contributed by atoms with Crippen molar-refractivity contribution in [3.05, 3.63) is 35.4 Å². The number of thioether (sulfide) groups is 1. The molecule has 124 valence electrons. The van der Waals surface area contributed by atoms with Crippen LogP contribution in [0.2, 0.25) is 0 Å². The summed E-state index contributed by atoms with van der Waals surface area (Å²) in [6.07, 6.45) is 5.11. The lowest BCUT2D eigenvalue weighted by atomic mass is 10.2. The molecular formula is C16H17N5OS2. The Kier molecular flexibility index (Phi) is 4.26. The standard InChI is InChI=1S/C16H17N5OS2/c1-24-16-14(21-10-18-9-19-21)15(23)12-3-2-11(8-13(12)22-16)20-6-4-17-5-7-20/h2-3,8-10,17H,4-7H2,1H3. The Balaban J connectivity index is 1.87. The van der Waals surface area contributed by atoms with E-state index in [0.717, 1.165) is 52.4 Å². The molecule has 1 aromatic carbocycles. The zero-order chi connectivity index (χ0) is 16.5. The highest BCUT2D eigenvalue weighted by atomic mass is 32.2. The van der Waals surface area contributed by atoms with Gasteiger partial charge in [-0.25, -0.2) is 9.67 Å². The van der Waals surface area contributed by atoms with Crippen molar-refractivity contribution in [2.24, 2.45) is 0 Å². The quantitative estimate of drug-likeness (QED) is 0.570. The normalized spacial score (nSPS) is 15.1. The van der Waals surface area contributed by atoms with E-state index in [4.69, 9.17) is 16.6 Å². The molecule has 1 aliphatic heterocycles. The van der Waals surface area contributed by atoms with Crippen LogP contribution in [-0.4, -0.2) is 47.2 Å². The van der Waals surface area contributed by atoms with Crippen molar-refractivity contribution in [1.29, 1.82) is 0 Å². The summed E-state index contributed by atoms with van der Waals surface area (Å²) in [4.78, 5) is 6.37. The van der Waals surface area contributed by atoms with E-state index >= 15 is 0 Å². The molecule has 0 amide bonds. The molecule has 0 aliphatic carbocycles. The molecule has 0 unspecified atom stereocenters. The first-order chi connectivity index (χ1) is 11.8. The van der Waals surface area contributed by atoms with Gasteiger partial charge in [0.2, 0.25) is 0 Å². The smallest absolute Gasteiger partial charge is 0.187 e. The fourth-order valence-electron chi connectivity index (χ4n) is 2.93. The van der Waals surface area contributed by atoms with Crippen molar-refractivity contribution in [3.8, 4) is 5.69 Å². The van der Waals surface area contributed by atoms with Crippen LogP contribution < -0.4 is 10.2 Å². The zero-order valence-corrected chi connectivity index (χ0v) is 14.9. The maximum absolute atomic E-state index is 6.14. The SMILES string of the molecule is CSc1oc2cc(N3CCNCC3)ccc2c(=S)c1-n1cncn1. The van der Waals surface area contributed by atoms with Crippen LogP contribution in [0.4, 0.5) is 5.69 Å². The highest BCUT2D eigenvalue weighted by Gasteiger charge is 2.16. The van der Waals surface area contributed by atoms with Gasteiger partial charge in [0, 0.05) is 43.3 Å². The van der Waals surface area contributed by atoms with Gasteiger partial charge in [0.15, 0.2) is 5.09 Å². The second-order valence-electron chi connectivity index (χ2n) is 5.53. The lowest BCUT2D eigenvalue weighted by Gasteiger charge is -2.29. The minimum Gasteiger partial charge on any atom is -0.447 e. The molecule has 2 aromatic heterocycles. The molecule has 3 aromatic rings. The van der Waals surface area contributed by atoms with E-state index in [0.29, 0.717) is 0 Å². The third-order valence-electron chi connectivity index (χ3n) is 4.14. The van der Waals surface area contributed by atoms with Gasteiger partial charge in [-0.1, -0.05) is 24.0 Å². The molecule has 0 atom stereocenters. The molecule has 1 N–H and O–H groups in total. The van der Waals surface area contributed by atoms with Crippen molar-refractivity contribution in [1.82, 2.24) is 20.1 Å². The van der Waals surface area contributed by atoms with Crippen LogP contribution >= 0.6 is 24.0 Å². The van der Waals surface area contributed by atoms with Gasteiger partial charge in [0.1, 0.15) is 23.9 Å². The molecular weight excluding hydrogens is 342 g/mol. The molecule has 4 rings (SSSR count). The van der Waals surface area contributed by atoms with Gasteiger partial charge in [-0.15, -0.1) is 0 Å². The second-order valence-corrected chi connectivity index (χ2v) is 6.72. The number of nitrogens with one attached hydrogen (secondary N) is 1. The van der Waals surface area contributed by atoms with Gasteiger partial charge in [-0.05, 0) is 18.4 Å². The van der Waals surface area contributed by atoms with Gasteiger partial charge >= 0.3 is 0 Å². The number of hydrogen-bond acceptors (Lipinski definition) is 7. The van der Waals surface area contributed by atoms with Crippen LogP contribution in [0.1, 0.15) is 0 Å². The molecule has 0 saturated carbocycles. The van der Waals surface area contributed by atoms with E-state index in [1.165, 1.54) is 23.8 Å². The topological polar surface area (TPSA) is 59.1 Å². The van der Waals surface area contributed by atoms with Gasteiger partial charge in [0.05, 0.1) is 4.51 Å². The highest BCUT2D eigenvalue weighted by Crippen LogP contribution is 2.33. The molecule has 24 heavy (non-hydrogen) atoms. The van der Waals surface area contributed by atoms with E-state index in [1.807, 2.05) is 12.3 Å². The summed E-state index contributed by atoms with van der Waals surface area (Å²) in [6, 6.07) is 6.24. The lowest BCUT2D eigenvalue weighted by Crippen LogP contribution is -2.43. The van der Waals surface area contributed by atoms with Crippen LogP contribution in [0.3, 0.4) is 0 Å². The molecule has 0 radical (unpaired) electrons. The number of fused-ring (bicyclic) bond motifs is 1. The zero-order valence-electron chi connectivity index (χ0n) is 13.2. The maximum Gasteiger partial charge on any atom is 0.187 e. The van der Waals surface area contributed by atoms with E-state index in [1.54, 1.807) is 11.0 Å². The molecule has 1 fully saturated rings. The number of anilines is 1. The summed E-state index contributed by atoms with van der Waals surface area (Å²) in [7, 11) is 0. The fraction of sp³-hybridized carbons (Fsp3) is 0.312. The van der Waals surface area contributed by atoms with E-state index in [2.05, 4.69) is 32.4 Å². The summed E-state index contributed by atoms with van der Waals surface area (Å²) in [5.41, 5.74) is 2.75. The third kappa shape index (κ3) is 2.70. The second kappa shape index (κ2) is 6.54. The number of nitrogens with zero attached hydrogens (tertiary/aromatic N) is 4. The minimum absolute atomic E-state index is 0.734. The van der Waals surface area contributed by atoms with Crippen molar-refractivity contribution >= 4 is 40.6 Å². The van der Waals surface area contributed by atoms with Gasteiger partial charge in [0.25, 0.3) is 0 Å². The summed E-state index contributed by atoms with van der Waals surface area (Å²) in [5, 5.41) is 9.24. The number of benzene rings is 1. The Morgan fingerprint density at radius 3 is 2.83 bits per heavy atom. The van der Waals surface area contributed by atoms with Gasteiger partial charge in [-0.3, -0.25) is 0 Å². The first-order valence-electron chi connectivity index (χ1n) is 7.73. The summed E-state index contributed by atoms with van der Waals surface area (Å²) in [6.45, 7) is 4.00. The Morgan fingerprint density at radius 2 is 2.12 bits per heavy atom. The number of rotatable bonds is 3. The summed E-state index contributed by atoms with van der Waals surface area (Å²) in [5.74, 6) is 0. The molecule has 1 aliphatic rings. The molecule has 0 spiro atoms. The molecule has 8 heteroatoms. The minimum atomic E-state index is 0.734. The van der Waals surface area contributed by atoms with Crippen molar-refractivity contribution < 1.29 is 4.42 Å². The van der Waals surface area contributed by atoms with Gasteiger partial charge in [-0.2, -0.15) is 5.10 Å². The lowest BCUT2D eigenvalue weighted by molar-refractivity contribution is 0.492. The molecule has 1 saturated heterocycles. The molecule has 6 nitrogen and oxygen atoms in total.